The summed E-state index contributed by atoms with van der Waals surface area (Å²) in [5.41, 5.74) is 2.73. The molecule has 0 N–H and O–H groups in total. The fourth-order valence-corrected chi connectivity index (χ4v) is 1.71. The van der Waals surface area contributed by atoms with E-state index in [0.29, 0.717) is 0 Å². The molecular weight excluding hydrogens is 196 g/mol. The van der Waals surface area contributed by atoms with E-state index in [-0.39, 0.29) is 0 Å². The Labute approximate surface area is 99.1 Å². The highest BCUT2D eigenvalue weighted by molar-refractivity contribution is 5.65. The summed E-state index contributed by atoms with van der Waals surface area (Å²) in [6.07, 6.45) is 5.59. The maximum Gasteiger partial charge on any atom is 0.119 e. The van der Waals surface area contributed by atoms with E-state index in [2.05, 4.69) is 51.1 Å². The van der Waals surface area contributed by atoms with Crippen molar-refractivity contribution in [1.29, 1.82) is 0 Å². The van der Waals surface area contributed by atoms with Crippen LogP contribution in [-0.2, 0) is 0 Å². The molecule has 0 radical (unpaired) electrons. The first kappa shape index (κ1) is 12.8. The predicted molar refractivity (Wildman–Crippen MR) is 70.8 cm³/mol. The molecular formula is C15H22O. The Morgan fingerprint density at radius 3 is 2.31 bits per heavy atom. The van der Waals surface area contributed by atoms with Gasteiger partial charge in [0.05, 0.1) is 6.61 Å². The van der Waals surface area contributed by atoms with E-state index >= 15 is 0 Å². The summed E-state index contributed by atoms with van der Waals surface area (Å²) in [7, 11) is 0. The van der Waals surface area contributed by atoms with Crippen molar-refractivity contribution in [3.8, 4) is 5.75 Å². The van der Waals surface area contributed by atoms with Gasteiger partial charge in [0.2, 0.25) is 0 Å². The highest BCUT2D eigenvalue weighted by Crippen LogP contribution is 2.22. The van der Waals surface area contributed by atoms with Crippen LogP contribution in [0.3, 0.4) is 0 Å². The van der Waals surface area contributed by atoms with E-state index in [9.17, 15) is 0 Å². The Bertz CT molecular complexity index is 322. The molecule has 1 aromatic rings. The number of hydrogen-bond donors (Lipinski definition) is 0. The molecule has 0 aliphatic carbocycles. The molecule has 1 aromatic carbocycles. The van der Waals surface area contributed by atoms with Crippen molar-refractivity contribution in [2.75, 3.05) is 6.61 Å². The second kappa shape index (κ2) is 7.10. The second-order valence-electron chi connectivity index (χ2n) is 3.94. The highest BCUT2D eigenvalue weighted by Gasteiger charge is 2.00. The molecule has 0 saturated carbocycles. The van der Waals surface area contributed by atoms with Gasteiger partial charge in [0.15, 0.2) is 0 Å². The normalized spacial score (nSPS) is 11.6. The molecule has 0 unspecified atom stereocenters. The molecule has 0 atom stereocenters. The maximum atomic E-state index is 5.56. The topological polar surface area (TPSA) is 9.23 Å². The van der Waals surface area contributed by atoms with Gasteiger partial charge < -0.3 is 4.74 Å². The quantitative estimate of drug-likeness (QED) is 0.673. The van der Waals surface area contributed by atoms with Crippen molar-refractivity contribution >= 4 is 5.57 Å². The van der Waals surface area contributed by atoms with Gasteiger partial charge >= 0.3 is 0 Å². The Balaban J connectivity index is 2.69. The smallest absolute Gasteiger partial charge is 0.119 e. The number of ether oxygens (including phenoxy) is 1. The lowest BCUT2D eigenvalue weighted by molar-refractivity contribution is 0.317. The van der Waals surface area contributed by atoms with E-state index in [1.807, 2.05) is 0 Å². The largest absolute Gasteiger partial charge is 0.494 e. The summed E-state index contributed by atoms with van der Waals surface area (Å²) in [5, 5.41) is 0. The Kier molecular flexibility index (Phi) is 5.69. The molecule has 1 nitrogen and oxygen atoms in total. The lowest BCUT2D eigenvalue weighted by Gasteiger charge is -2.08. The fourth-order valence-electron chi connectivity index (χ4n) is 1.71. The second-order valence-corrected chi connectivity index (χ2v) is 3.94. The molecule has 0 aliphatic heterocycles. The first-order chi connectivity index (χ1) is 7.81. The van der Waals surface area contributed by atoms with Gasteiger partial charge in [-0.15, -0.1) is 0 Å². The van der Waals surface area contributed by atoms with Crippen LogP contribution in [0.25, 0.3) is 5.57 Å². The minimum Gasteiger partial charge on any atom is -0.494 e. The minimum atomic E-state index is 0.796. The van der Waals surface area contributed by atoms with Crippen molar-refractivity contribution in [3.05, 3.63) is 35.9 Å². The van der Waals surface area contributed by atoms with Crippen molar-refractivity contribution in [2.45, 2.75) is 40.0 Å². The third kappa shape index (κ3) is 3.73. The van der Waals surface area contributed by atoms with Gasteiger partial charge in [-0.25, -0.2) is 0 Å². The van der Waals surface area contributed by atoms with Crippen LogP contribution in [0.15, 0.2) is 30.3 Å². The summed E-state index contributed by atoms with van der Waals surface area (Å²) in [4.78, 5) is 0. The SMILES string of the molecule is CC=C(CCC)c1ccc(OCCC)cc1. The lowest BCUT2D eigenvalue weighted by atomic mass is 10.0. The molecule has 0 amide bonds. The standard InChI is InChI=1S/C15H22O/c1-4-7-13(6-3)14-8-10-15(11-9-14)16-12-5-2/h6,8-11H,4-5,7,12H2,1-3H3. The maximum absolute atomic E-state index is 5.56. The molecule has 0 bridgehead atoms. The Morgan fingerprint density at radius 2 is 1.81 bits per heavy atom. The van der Waals surface area contributed by atoms with E-state index < -0.39 is 0 Å². The first-order valence-electron chi connectivity index (χ1n) is 6.20. The van der Waals surface area contributed by atoms with E-state index in [1.54, 1.807) is 0 Å². The molecule has 0 heterocycles. The molecule has 0 saturated heterocycles. The van der Waals surface area contributed by atoms with Gasteiger partial charge in [0.1, 0.15) is 5.75 Å². The summed E-state index contributed by atoms with van der Waals surface area (Å²) >= 11 is 0. The monoisotopic (exact) mass is 218 g/mol. The molecule has 0 aliphatic rings. The first-order valence-corrected chi connectivity index (χ1v) is 6.20. The molecule has 88 valence electrons. The van der Waals surface area contributed by atoms with Crippen molar-refractivity contribution in [2.24, 2.45) is 0 Å². The molecule has 1 heteroatoms. The van der Waals surface area contributed by atoms with Crippen molar-refractivity contribution in [1.82, 2.24) is 0 Å². The van der Waals surface area contributed by atoms with Gasteiger partial charge in [0.25, 0.3) is 0 Å². The Hall–Kier alpha value is -1.24. The zero-order valence-electron chi connectivity index (χ0n) is 10.6. The average molecular weight is 218 g/mol. The predicted octanol–water partition coefficient (Wildman–Crippen LogP) is 4.68. The third-order valence-electron chi connectivity index (χ3n) is 2.57. The third-order valence-corrected chi connectivity index (χ3v) is 2.57. The summed E-state index contributed by atoms with van der Waals surface area (Å²) < 4.78 is 5.56. The van der Waals surface area contributed by atoms with Gasteiger partial charge in [-0.05, 0) is 43.0 Å². The van der Waals surface area contributed by atoms with Gasteiger partial charge in [-0.1, -0.05) is 38.5 Å². The van der Waals surface area contributed by atoms with Crippen LogP contribution in [0.1, 0.15) is 45.6 Å². The van der Waals surface area contributed by atoms with Gasteiger partial charge in [0, 0.05) is 0 Å². The lowest BCUT2D eigenvalue weighted by Crippen LogP contribution is -1.94. The summed E-state index contributed by atoms with van der Waals surface area (Å²) in [5.74, 6) is 0.970. The van der Waals surface area contributed by atoms with Crippen LogP contribution >= 0.6 is 0 Å². The van der Waals surface area contributed by atoms with E-state index in [1.165, 1.54) is 17.6 Å². The van der Waals surface area contributed by atoms with Crippen LogP contribution in [0, 0.1) is 0 Å². The van der Waals surface area contributed by atoms with Crippen LogP contribution in [0.5, 0.6) is 5.75 Å². The van der Waals surface area contributed by atoms with Crippen LogP contribution in [0.2, 0.25) is 0 Å². The Morgan fingerprint density at radius 1 is 1.12 bits per heavy atom. The number of rotatable bonds is 6. The highest BCUT2D eigenvalue weighted by atomic mass is 16.5. The average Bonchev–Trinajstić information content (AvgIpc) is 2.34. The number of benzene rings is 1. The summed E-state index contributed by atoms with van der Waals surface area (Å²) in [6, 6.07) is 8.42. The van der Waals surface area contributed by atoms with Gasteiger partial charge in [-0.3, -0.25) is 0 Å². The molecule has 0 fully saturated rings. The minimum absolute atomic E-state index is 0.796. The zero-order valence-corrected chi connectivity index (χ0v) is 10.6. The molecule has 1 rings (SSSR count). The van der Waals surface area contributed by atoms with E-state index in [0.717, 1.165) is 25.2 Å². The fraction of sp³-hybridized carbons (Fsp3) is 0.467. The van der Waals surface area contributed by atoms with Crippen molar-refractivity contribution in [3.63, 3.8) is 0 Å². The number of hydrogen-bond acceptors (Lipinski definition) is 1. The molecule has 16 heavy (non-hydrogen) atoms. The van der Waals surface area contributed by atoms with Crippen LogP contribution in [0.4, 0.5) is 0 Å². The van der Waals surface area contributed by atoms with Crippen LogP contribution in [-0.4, -0.2) is 6.61 Å². The summed E-state index contributed by atoms with van der Waals surface area (Å²) in [6.45, 7) is 7.23. The van der Waals surface area contributed by atoms with Gasteiger partial charge in [-0.2, -0.15) is 0 Å². The van der Waals surface area contributed by atoms with Crippen molar-refractivity contribution < 1.29 is 4.74 Å². The number of allylic oxidation sites excluding steroid dienone is 2. The van der Waals surface area contributed by atoms with E-state index in [4.69, 9.17) is 4.74 Å². The molecule has 0 aromatic heterocycles. The molecule has 0 spiro atoms. The van der Waals surface area contributed by atoms with Crippen LogP contribution < -0.4 is 4.74 Å². The zero-order chi connectivity index (χ0) is 11.8.